The van der Waals surface area contributed by atoms with Crippen LogP contribution in [0.2, 0.25) is 5.02 Å². The number of non-ortho nitro benzene ring substituents is 1. The molecule has 0 fully saturated rings. The summed E-state index contributed by atoms with van der Waals surface area (Å²) < 4.78 is 0. The van der Waals surface area contributed by atoms with Crippen molar-refractivity contribution in [2.45, 2.75) is 12.5 Å². The quantitative estimate of drug-likeness (QED) is 0.609. The molecule has 0 spiro atoms. The molecular weight excluding hydrogens is 234 g/mol. The normalized spacial score (nSPS) is 12.1. The van der Waals surface area contributed by atoms with Crippen molar-refractivity contribution < 1.29 is 9.72 Å². The molecule has 6 nitrogen and oxygen atoms in total. The van der Waals surface area contributed by atoms with Crippen LogP contribution in [0.4, 0.5) is 5.69 Å². The summed E-state index contributed by atoms with van der Waals surface area (Å²) >= 11 is 5.82. The number of amides is 1. The minimum absolute atomic E-state index is 0.110. The Balaban J connectivity index is 3.06. The number of hydrogen-bond acceptors (Lipinski definition) is 4. The Labute approximate surface area is 96.3 Å². The van der Waals surface area contributed by atoms with Gasteiger partial charge in [-0.05, 0) is 11.6 Å². The van der Waals surface area contributed by atoms with Crippen LogP contribution in [0.5, 0.6) is 0 Å². The monoisotopic (exact) mass is 243 g/mol. The Morgan fingerprint density at radius 2 is 2.19 bits per heavy atom. The first-order chi connectivity index (χ1) is 7.41. The summed E-state index contributed by atoms with van der Waals surface area (Å²) in [6.45, 7) is 0. The van der Waals surface area contributed by atoms with Gasteiger partial charge in [-0.2, -0.15) is 0 Å². The lowest BCUT2D eigenvalue weighted by molar-refractivity contribution is -0.384. The number of halogens is 1. The Hall–Kier alpha value is -1.66. The molecule has 0 aromatic heterocycles. The molecule has 0 saturated heterocycles. The van der Waals surface area contributed by atoms with Crippen molar-refractivity contribution in [1.82, 2.24) is 0 Å². The summed E-state index contributed by atoms with van der Waals surface area (Å²) in [5, 5.41) is 10.8. The molecule has 4 N–H and O–H groups in total. The van der Waals surface area contributed by atoms with Crippen LogP contribution in [0.3, 0.4) is 0 Å². The number of nitrogens with zero attached hydrogens (tertiary/aromatic N) is 1. The van der Waals surface area contributed by atoms with Gasteiger partial charge >= 0.3 is 0 Å². The first-order valence-electron chi connectivity index (χ1n) is 4.39. The van der Waals surface area contributed by atoms with Crippen molar-refractivity contribution in [2.24, 2.45) is 11.5 Å². The van der Waals surface area contributed by atoms with Crippen molar-refractivity contribution in [1.29, 1.82) is 0 Å². The molecule has 0 aliphatic carbocycles. The molecule has 0 radical (unpaired) electrons. The zero-order valence-corrected chi connectivity index (χ0v) is 8.98. The molecule has 0 aliphatic rings. The summed E-state index contributed by atoms with van der Waals surface area (Å²) in [5.41, 5.74) is 10.9. The number of nitrogens with two attached hydrogens (primary N) is 2. The summed E-state index contributed by atoms with van der Waals surface area (Å²) in [4.78, 5) is 20.7. The largest absolute Gasteiger partial charge is 0.370 e. The zero-order valence-electron chi connectivity index (χ0n) is 8.22. The number of carbonyl (C=O) groups is 1. The summed E-state index contributed by atoms with van der Waals surface area (Å²) in [6, 6.07) is 3.15. The third-order valence-corrected chi connectivity index (χ3v) is 2.36. The zero-order chi connectivity index (χ0) is 12.3. The van der Waals surface area contributed by atoms with Gasteiger partial charge < -0.3 is 11.5 Å². The van der Waals surface area contributed by atoms with Crippen molar-refractivity contribution in [2.75, 3.05) is 0 Å². The fraction of sp³-hybridized carbons (Fsp3) is 0.222. The molecule has 0 aliphatic heterocycles. The Bertz CT molecular complexity index is 436. The average Bonchev–Trinajstić information content (AvgIpc) is 2.16. The van der Waals surface area contributed by atoms with Gasteiger partial charge in [-0.15, -0.1) is 0 Å². The molecule has 1 atom stereocenters. The van der Waals surface area contributed by atoms with E-state index < -0.39 is 16.9 Å². The molecular formula is C9H10ClN3O3. The molecule has 7 heteroatoms. The summed E-state index contributed by atoms with van der Waals surface area (Å²) in [6.07, 6.45) is -0.110. The van der Waals surface area contributed by atoms with Gasteiger partial charge in [-0.3, -0.25) is 14.9 Å². The molecule has 1 unspecified atom stereocenters. The Morgan fingerprint density at radius 3 is 2.69 bits per heavy atom. The molecule has 86 valence electrons. The fourth-order valence-corrected chi connectivity index (χ4v) is 1.51. The van der Waals surface area contributed by atoms with E-state index in [0.717, 1.165) is 0 Å². The lowest BCUT2D eigenvalue weighted by Crippen LogP contribution is -2.21. The lowest BCUT2D eigenvalue weighted by atomic mass is 10.0. The average molecular weight is 244 g/mol. The summed E-state index contributed by atoms with van der Waals surface area (Å²) in [7, 11) is 0. The standard InChI is InChI=1S/C9H10ClN3O3/c10-7-2-1-5(13(15)16)3-6(7)8(11)4-9(12)14/h1-3,8H,4,11H2,(H2,12,14). The number of rotatable bonds is 4. The molecule has 0 saturated carbocycles. The van der Waals surface area contributed by atoms with E-state index >= 15 is 0 Å². The highest BCUT2D eigenvalue weighted by Crippen LogP contribution is 2.27. The third-order valence-electron chi connectivity index (χ3n) is 2.01. The lowest BCUT2D eigenvalue weighted by Gasteiger charge is -2.11. The van der Waals surface area contributed by atoms with Gasteiger partial charge in [-0.1, -0.05) is 11.6 Å². The van der Waals surface area contributed by atoms with Gasteiger partial charge in [0.25, 0.3) is 5.69 Å². The molecule has 1 aromatic rings. The highest BCUT2D eigenvalue weighted by atomic mass is 35.5. The van der Waals surface area contributed by atoms with Gasteiger partial charge in [-0.25, -0.2) is 0 Å². The summed E-state index contributed by atoms with van der Waals surface area (Å²) in [5.74, 6) is -0.588. The van der Waals surface area contributed by atoms with Crippen LogP contribution in [0.25, 0.3) is 0 Å². The third kappa shape index (κ3) is 2.91. The van der Waals surface area contributed by atoms with Crippen LogP contribution in [0.15, 0.2) is 18.2 Å². The van der Waals surface area contributed by atoms with Crippen LogP contribution < -0.4 is 11.5 Å². The Kier molecular flexibility index (Phi) is 3.81. The molecule has 1 rings (SSSR count). The van der Waals surface area contributed by atoms with Gasteiger partial charge in [0.05, 0.1) is 4.92 Å². The number of nitro benzene ring substituents is 1. The molecule has 1 amide bonds. The second-order valence-corrected chi connectivity index (χ2v) is 3.65. The molecule has 1 aromatic carbocycles. The first kappa shape index (κ1) is 12.4. The maximum atomic E-state index is 10.7. The van der Waals surface area contributed by atoms with E-state index in [1.54, 1.807) is 0 Å². The van der Waals surface area contributed by atoms with Gasteiger partial charge in [0, 0.05) is 29.6 Å². The van der Waals surface area contributed by atoms with Gasteiger partial charge in [0.1, 0.15) is 0 Å². The fourth-order valence-electron chi connectivity index (χ4n) is 1.26. The number of carbonyl (C=O) groups excluding carboxylic acids is 1. The predicted molar refractivity (Wildman–Crippen MR) is 58.8 cm³/mol. The predicted octanol–water partition coefficient (Wildman–Crippen LogP) is 1.12. The molecule has 0 bridgehead atoms. The minimum atomic E-state index is -0.732. The second kappa shape index (κ2) is 4.91. The smallest absolute Gasteiger partial charge is 0.269 e. The number of benzene rings is 1. The van der Waals surface area contributed by atoms with Crippen LogP contribution >= 0.6 is 11.6 Å². The van der Waals surface area contributed by atoms with E-state index in [-0.39, 0.29) is 17.1 Å². The highest BCUT2D eigenvalue weighted by molar-refractivity contribution is 6.31. The van der Waals surface area contributed by atoms with Crippen LogP contribution in [-0.4, -0.2) is 10.8 Å². The number of nitro groups is 1. The van der Waals surface area contributed by atoms with Crippen molar-refractivity contribution in [3.05, 3.63) is 38.9 Å². The highest BCUT2D eigenvalue weighted by Gasteiger charge is 2.16. The topological polar surface area (TPSA) is 112 Å². The van der Waals surface area contributed by atoms with Crippen LogP contribution in [0, 0.1) is 10.1 Å². The van der Waals surface area contributed by atoms with E-state index in [1.165, 1.54) is 18.2 Å². The maximum Gasteiger partial charge on any atom is 0.269 e. The Morgan fingerprint density at radius 1 is 1.56 bits per heavy atom. The first-order valence-corrected chi connectivity index (χ1v) is 4.77. The minimum Gasteiger partial charge on any atom is -0.370 e. The second-order valence-electron chi connectivity index (χ2n) is 3.24. The van der Waals surface area contributed by atoms with Gasteiger partial charge in [0.2, 0.25) is 5.91 Å². The van der Waals surface area contributed by atoms with E-state index in [2.05, 4.69) is 0 Å². The SMILES string of the molecule is NC(=O)CC(N)c1cc([N+](=O)[O-])ccc1Cl. The molecule has 16 heavy (non-hydrogen) atoms. The number of hydrogen-bond donors (Lipinski definition) is 2. The van der Waals surface area contributed by atoms with Crippen LogP contribution in [0.1, 0.15) is 18.0 Å². The van der Waals surface area contributed by atoms with Crippen molar-refractivity contribution in [3.63, 3.8) is 0 Å². The maximum absolute atomic E-state index is 10.7. The van der Waals surface area contributed by atoms with Crippen molar-refractivity contribution >= 4 is 23.2 Å². The van der Waals surface area contributed by atoms with Crippen molar-refractivity contribution in [3.8, 4) is 0 Å². The number of primary amides is 1. The van der Waals surface area contributed by atoms with Gasteiger partial charge in [0.15, 0.2) is 0 Å². The van der Waals surface area contributed by atoms with E-state index in [0.29, 0.717) is 5.56 Å². The van der Waals surface area contributed by atoms with Crippen LogP contribution in [-0.2, 0) is 4.79 Å². The van der Waals surface area contributed by atoms with E-state index in [9.17, 15) is 14.9 Å². The van der Waals surface area contributed by atoms with E-state index in [4.69, 9.17) is 23.1 Å². The van der Waals surface area contributed by atoms with E-state index in [1.807, 2.05) is 0 Å². The molecule has 0 heterocycles.